The van der Waals surface area contributed by atoms with Crippen molar-refractivity contribution in [3.63, 3.8) is 0 Å². The third-order valence-corrected chi connectivity index (χ3v) is 4.25. The summed E-state index contributed by atoms with van der Waals surface area (Å²) >= 11 is 6.16. The number of nitrogens with two attached hydrogens (primary N) is 1. The fraction of sp³-hybridized carbons (Fsp3) is 0.533. The lowest BCUT2D eigenvalue weighted by Crippen LogP contribution is -2.26. The van der Waals surface area contributed by atoms with Crippen molar-refractivity contribution >= 4 is 23.1 Å². The number of rotatable bonds is 4. The van der Waals surface area contributed by atoms with Gasteiger partial charge in [0, 0.05) is 24.8 Å². The number of nitrogens with zero attached hydrogens (tertiary/aromatic N) is 1. The Bertz CT molecular complexity index is 453. The molecule has 1 aliphatic carbocycles. The van der Waals surface area contributed by atoms with Gasteiger partial charge in [-0.05, 0) is 37.0 Å². The van der Waals surface area contributed by atoms with E-state index in [-0.39, 0.29) is 5.84 Å². The van der Waals surface area contributed by atoms with Gasteiger partial charge >= 0.3 is 0 Å². The van der Waals surface area contributed by atoms with Gasteiger partial charge in [-0.2, -0.15) is 0 Å². The second-order valence-electron chi connectivity index (χ2n) is 5.46. The van der Waals surface area contributed by atoms with E-state index in [1.807, 2.05) is 18.2 Å². The van der Waals surface area contributed by atoms with Gasteiger partial charge in [0.05, 0.1) is 5.02 Å². The van der Waals surface area contributed by atoms with E-state index in [1.54, 1.807) is 0 Å². The number of halogens is 1. The highest BCUT2D eigenvalue weighted by atomic mass is 35.5. The molecule has 1 aromatic carbocycles. The van der Waals surface area contributed by atoms with Gasteiger partial charge in [0.25, 0.3) is 0 Å². The van der Waals surface area contributed by atoms with Gasteiger partial charge in [0.2, 0.25) is 0 Å². The Hall–Kier alpha value is -1.22. The Balaban J connectivity index is 2.04. The lowest BCUT2D eigenvalue weighted by molar-refractivity contribution is 0.362. The van der Waals surface area contributed by atoms with Crippen molar-refractivity contribution < 1.29 is 0 Å². The summed E-state index contributed by atoms with van der Waals surface area (Å²) in [6, 6.07) is 5.73. The summed E-state index contributed by atoms with van der Waals surface area (Å²) in [6.45, 7) is 1.08. The third-order valence-electron chi connectivity index (χ3n) is 3.94. The summed E-state index contributed by atoms with van der Waals surface area (Å²) in [7, 11) is 2.10. The topological polar surface area (TPSA) is 53.1 Å². The van der Waals surface area contributed by atoms with Crippen molar-refractivity contribution in [2.45, 2.75) is 32.1 Å². The standard InChI is InChI=1S/C15H22ClN3/c1-19(10-11-5-3-2-4-6-11)12-7-8-13(15(17)18)14(16)9-12/h7-9,11H,2-6,10H2,1H3,(H3,17,18). The first-order chi connectivity index (χ1) is 9.08. The minimum Gasteiger partial charge on any atom is -0.384 e. The fourth-order valence-electron chi connectivity index (χ4n) is 2.82. The van der Waals surface area contributed by atoms with E-state index in [0.717, 1.165) is 18.2 Å². The number of nitrogen functional groups attached to an aromatic ring is 1. The third kappa shape index (κ3) is 3.63. The zero-order chi connectivity index (χ0) is 13.8. The summed E-state index contributed by atoms with van der Waals surface area (Å²) < 4.78 is 0. The number of benzene rings is 1. The van der Waals surface area contributed by atoms with Gasteiger partial charge in [-0.1, -0.05) is 30.9 Å². The van der Waals surface area contributed by atoms with E-state index in [4.69, 9.17) is 22.7 Å². The van der Waals surface area contributed by atoms with Crippen LogP contribution in [-0.4, -0.2) is 19.4 Å². The summed E-state index contributed by atoms with van der Waals surface area (Å²) in [5.41, 5.74) is 7.18. The summed E-state index contributed by atoms with van der Waals surface area (Å²) in [5, 5.41) is 8.00. The van der Waals surface area contributed by atoms with Crippen LogP contribution in [0, 0.1) is 11.3 Å². The number of hydrogen-bond donors (Lipinski definition) is 2. The van der Waals surface area contributed by atoms with Gasteiger partial charge in [0.15, 0.2) is 0 Å². The van der Waals surface area contributed by atoms with E-state index in [1.165, 1.54) is 32.1 Å². The molecule has 104 valence electrons. The van der Waals surface area contributed by atoms with Gasteiger partial charge < -0.3 is 10.6 Å². The Labute approximate surface area is 120 Å². The molecule has 1 fully saturated rings. The largest absolute Gasteiger partial charge is 0.384 e. The van der Waals surface area contributed by atoms with Crippen LogP contribution in [0.3, 0.4) is 0 Å². The molecule has 0 unspecified atom stereocenters. The molecule has 0 radical (unpaired) electrons. The van der Waals surface area contributed by atoms with Gasteiger partial charge in [-0.3, -0.25) is 5.41 Å². The highest BCUT2D eigenvalue weighted by molar-refractivity contribution is 6.34. The molecular weight excluding hydrogens is 258 g/mol. The maximum absolute atomic E-state index is 7.44. The average Bonchev–Trinajstić information content (AvgIpc) is 2.39. The number of anilines is 1. The van der Waals surface area contributed by atoms with Crippen molar-refractivity contribution in [2.24, 2.45) is 11.7 Å². The molecule has 19 heavy (non-hydrogen) atoms. The molecule has 1 aromatic rings. The van der Waals surface area contributed by atoms with Crippen LogP contribution in [0.25, 0.3) is 0 Å². The van der Waals surface area contributed by atoms with Crippen molar-refractivity contribution in [1.29, 1.82) is 5.41 Å². The molecule has 2 rings (SSSR count). The van der Waals surface area contributed by atoms with Gasteiger partial charge in [-0.15, -0.1) is 0 Å². The molecule has 1 saturated carbocycles. The van der Waals surface area contributed by atoms with Crippen LogP contribution in [0.2, 0.25) is 5.02 Å². The Morgan fingerprint density at radius 3 is 2.63 bits per heavy atom. The first kappa shape index (κ1) is 14.2. The Morgan fingerprint density at radius 2 is 2.05 bits per heavy atom. The second-order valence-corrected chi connectivity index (χ2v) is 5.87. The molecule has 4 heteroatoms. The van der Waals surface area contributed by atoms with Crippen molar-refractivity contribution in [1.82, 2.24) is 0 Å². The molecule has 0 atom stereocenters. The molecule has 3 nitrogen and oxygen atoms in total. The van der Waals surface area contributed by atoms with E-state index >= 15 is 0 Å². The second kappa shape index (κ2) is 6.29. The monoisotopic (exact) mass is 279 g/mol. The number of nitrogens with one attached hydrogen (secondary N) is 1. The fourth-order valence-corrected chi connectivity index (χ4v) is 3.10. The lowest BCUT2D eigenvalue weighted by Gasteiger charge is -2.28. The van der Waals surface area contributed by atoms with Crippen molar-refractivity contribution in [2.75, 3.05) is 18.5 Å². The van der Waals surface area contributed by atoms with Crippen LogP contribution in [-0.2, 0) is 0 Å². The quantitative estimate of drug-likeness (QED) is 0.653. The Kier molecular flexibility index (Phi) is 4.70. The first-order valence-electron chi connectivity index (χ1n) is 6.93. The molecule has 0 heterocycles. The van der Waals surface area contributed by atoms with Crippen LogP contribution >= 0.6 is 11.6 Å². The van der Waals surface area contributed by atoms with Crippen LogP contribution in [0.1, 0.15) is 37.7 Å². The molecule has 0 spiro atoms. The molecule has 0 amide bonds. The molecular formula is C15H22ClN3. The molecule has 0 saturated heterocycles. The smallest absolute Gasteiger partial charge is 0.124 e. The van der Waals surface area contributed by atoms with Crippen LogP contribution in [0.15, 0.2) is 18.2 Å². The zero-order valence-corrected chi connectivity index (χ0v) is 12.2. The molecule has 1 aliphatic rings. The van der Waals surface area contributed by atoms with Gasteiger partial charge in [0.1, 0.15) is 5.84 Å². The highest BCUT2D eigenvalue weighted by Crippen LogP contribution is 2.27. The van der Waals surface area contributed by atoms with E-state index < -0.39 is 0 Å². The number of amidine groups is 1. The molecule has 0 aromatic heterocycles. The number of hydrogen-bond acceptors (Lipinski definition) is 2. The summed E-state index contributed by atoms with van der Waals surface area (Å²) in [5.74, 6) is 0.816. The maximum Gasteiger partial charge on any atom is 0.124 e. The molecule has 0 aliphatic heterocycles. The predicted octanol–water partition coefficient (Wildman–Crippen LogP) is 3.64. The SMILES string of the molecule is CN(CC1CCCCC1)c1ccc(C(=N)N)c(Cl)c1. The van der Waals surface area contributed by atoms with Crippen LogP contribution in [0.5, 0.6) is 0 Å². The summed E-state index contributed by atoms with van der Waals surface area (Å²) in [4.78, 5) is 2.26. The predicted molar refractivity (Wildman–Crippen MR) is 82.3 cm³/mol. The molecule has 3 N–H and O–H groups in total. The molecule has 0 bridgehead atoms. The lowest BCUT2D eigenvalue weighted by atomic mass is 9.89. The minimum absolute atomic E-state index is 0.0199. The van der Waals surface area contributed by atoms with E-state index in [9.17, 15) is 0 Å². The van der Waals surface area contributed by atoms with Crippen LogP contribution in [0.4, 0.5) is 5.69 Å². The first-order valence-corrected chi connectivity index (χ1v) is 7.31. The summed E-state index contributed by atoms with van der Waals surface area (Å²) in [6.07, 6.45) is 6.79. The van der Waals surface area contributed by atoms with E-state index in [2.05, 4.69) is 11.9 Å². The highest BCUT2D eigenvalue weighted by Gasteiger charge is 2.16. The minimum atomic E-state index is 0.0199. The Morgan fingerprint density at radius 1 is 1.37 bits per heavy atom. The van der Waals surface area contributed by atoms with Gasteiger partial charge in [-0.25, -0.2) is 0 Å². The zero-order valence-electron chi connectivity index (χ0n) is 11.5. The maximum atomic E-state index is 7.44. The van der Waals surface area contributed by atoms with Crippen molar-refractivity contribution in [3.05, 3.63) is 28.8 Å². The van der Waals surface area contributed by atoms with Crippen LogP contribution < -0.4 is 10.6 Å². The normalized spacial score (nSPS) is 16.3. The average molecular weight is 280 g/mol. The van der Waals surface area contributed by atoms with Crippen molar-refractivity contribution in [3.8, 4) is 0 Å². The van der Waals surface area contributed by atoms with E-state index in [0.29, 0.717) is 10.6 Å².